The second-order valence-corrected chi connectivity index (χ2v) is 10.9. The number of carbonyl (C=O) groups is 4. The van der Waals surface area contributed by atoms with Crippen molar-refractivity contribution in [2.75, 3.05) is 6.54 Å². The Morgan fingerprint density at radius 3 is 2.30 bits per heavy atom. The molecule has 1 aliphatic heterocycles. The molecule has 2 aromatic heterocycles. The molecule has 0 spiro atoms. The van der Waals surface area contributed by atoms with Crippen molar-refractivity contribution < 1.29 is 29.4 Å². The van der Waals surface area contributed by atoms with Crippen LogP contribution >= 0.6 is 0 Å². The highest BCUT2D eigenvalue weighted by Crippen LogP contribution is 2.20. The Labute approximate surface area is 252 Å². The first-order valence-corrected chi connectivity index (χ1v) is 14.4. The zero-order chi connectivity index (χ0) is 31.1. The molecule has 0 radical (unpaired) electrons. The molecule has 2 aromatic carbocycles. The molecule has 8 N–H and O–H groups in total. The number of aliphatic carboxylic acids is 1. The lowest BCUT2D eigenvalue weighted by Crippen LogP contribution is -2.58. The van der Waals surface area contributed by atoms with Crippen molar-refractivity contribution >= 4 is 34.6 Å². The van der Waals surface area contributed by atoms with E-state index in [1.165, 1.54) is 24.7 Å². The lowest BCUT2D eigenvalue weighted by Gasteiger charge is -2.25. The summed E-state index contributed by atoms with van der Waals surface area (Å²) in [6, 6.07) is 9.80. The van der Waals surface area contributed by atoms with E-state index in [1.807, 2.05) is 24.3 Å². The number of aromatic amines is 2. The molecular formula is C31H35N7O6. The van der Waals surface area contributed by atoms with Crippen molar-refractivity contribution in [2.45, 2.75) is 56.3 Å². The van der Waals surface area contributed by atoms with E-state index >= 15 is 0 Å². The number of carboxylic acids is 1. The summed E-state index contributed by atoms with van der Waals surface area (Å²) in [5.41, 5.74) is 2.83. The number of benzene rings is 2. The molecule has 0 bridgehead atoms. The number of hydrogen-bond acceptors (Lipinski definition) is 7. The van der Waals surface area contributed by atoms with Crippen LogP contribution in [0.25, 0.3) is 10.9 Å². The summed E-state index contributed by atoms with van der Waals surface area (Å²) in [6.07, 6.45) is 6.27. The zero-order valence-corrected chi connectivity index (χ0v) is 23.9. The van der Waals surface area contributed by atoms with Crippen LogP contribution in [0.15, 0.2) is 67.3 Å². The molecular weight excluding hydrogens is 566 g/mol. The van der Waals surface area contributed by atoms with E-state index < -0.39 is 42.0 Å². The minimum atomic E-state index is -1.29. The maximum absolute atomic E-state index is 13.9. The predicted octanol–water partition coefficient (Wildman–Crippen LogP) is 0.916. The van der Waals surface area contributed by atoms with Crippen molar-refractivity contribution in [1.82, 2.24) is 36.2 Å². The van der Waals surface area contributed by atoms with Gasteiger partial charge in [0, 0.05) is 48.3 Å². The number of imidazole rings is 1. The first-order valence-electron chi connectivity index (χ1n) is 14.4. The highest BCUT2D eigenvalue weighted by atomic mass is 16.4. The highest BCUT2D eigenvalue weighted by Gasteiger charge is 2.32. The Bertz CT molecular complexity index is 1600. The first kappa shape index (κ1) is 30.3. The van der Waals surface area contributed by atoms with E-state index in [1.54, 1.807) is 18.3 Å². The molecule has 1 saturated heterocycles. The number of rotatable bonds is 13. The van der Waals surface area contributed by atoms with Gasteiger partial charge in [0.2, 0.25) is 17.7 Å². The monoisotopic (exact) mass is 601 g/mol. The number of nitrogens with one attached hydrogen (secondary N) is 6. The third-order valence-electron chi connectivity index (χ3n) is 7.71. The fourth-order valence-electron chi connectivity index (χ4n) is 5.35. The van der Waals surface area contributed by atoms with Gasteiger partial charge in [0.25, 0.3) is 0 Å². The van der Waals surface area contributed by atoms with E-state index in [0.717, 1.165) is 22.9 Å². The average Bonchev–Trinajstić information content (AvgIpc) is 3.80. The number of fused-ring (bicyclic) bond motifs is 1. The molecule has 230 valence electrons. The molecule has 1 aliphatic rings. The number of aromatic nitrogens is 3. The summed E-state index contributed by atoms with van der Waals surface area (Å²) in [4.78, 5) is 62.5. The molecule has 4 atom stereocenters. The Kier molecular flexibility index (Phi) is 9.55. The number of para-hydroxylation sites is 1. The molecule has 4 aromatic rings. The van der Waals surface area contributed by atoms with Gasteiger partial charge in [0.05, 0.1) is 12.4 Å². The van der Waals surface area contributed by atoms with Gasteiger partial charge in [0.1, 0.15) is 23.9 Å². The molecule has 0 saturated carbocycles. The Morgan fingerprint density at radius 1 is 0.886 bits per heavy atom. The normalized spacial score (nSPS) is 16.6. The molecule has 5 rings (SSSR count). The number of aromatic hydroxyl groups is 1. The van der Waals surface area contributed by atoms with Gasteiger partial charge in [-0.25, -0.2) is 9.78 Å². The zero-order valence-electron chi connectivity index (χ0n) is 23.9. The number of carboxylic acid groups (broad SMARTS) is 1. The number of phenolic OH excluding ortho intramolecular Hbond substituents is 1. The van der Waals surface area contributed by atoms with Gasteiger partial charge in [-0.3, -0.25) is 14.4 Å². The van der Waals surface area contributed by atoms with Crippen LogP contribution in [0.2, 0.25) is 0 Å². The van der Waals surface area contributed by atoms with Gasteiger partial charge in [-0.15, -0.1) is 0 Å². The summed E-state index contributed by atoms with van der Waals surface area (Å²) >= 11 is 0. The molecule has 13 nitrogen and oxygen atoms in total. The number of carbonyl (C=O) groups excluding carboxylic acids is 3. The van der Waals surface area contributed by atoms with E-state index in [-0.39, 0.29) is 30.9 Å². The van der Waals surface area contributed by atoms with Gasteiger partial charge in [-0.2, -0.15) is 0 Å². The fourth-order valence-corrected chi connectivity index (χ4v) is 5.35. The van der Waals surface area contributed by atoms with Crippen molar-refractivity contribution in [3.63, 3.8) is 0 Å². The fraction of sp³-hybridized carbons (Fsp3) is 0.323. The number of H-pyrrole nitrogens is 2. The van der Waals surface area contributed by atoms with Crippen LogP contribution in [0.3, 0.4) is 0 Å². The Hall–Kier alpha value is -5.17. The number of hydrogen-bond donors (Lipinski definition) is 8. The van der Waals surface area contributed by atoms with Gasteiger partial charge in [-0.05, 0) is 48.7 Å². The summed E-state index contributed by atoms with van der Waals surface area (Å²) in [7, 11) is 0. The van der Waals surface area contributed by atoms with Crippen molar-refractivity contribution in [2.24, 2.45) is 0 Å². The van der Waals surface area contributed by atoms with Crippen molar-refractivity contribution in [3.8, 4) is 5.75 Å². The van der Waals surface area contributed by atoms with E-state index in [0.29, 0.717) is 24.2 Å². The van der Waals surface area contributed by atoms with Gasteiger partial charge in [-0.1, -0.05) is 30.3 Å². The van der Waals surface area contributed by atoms with E-state index in [2.05, 4.69) is 36.2 Å². The van der Waals surface area contributed by atoms with Crippen LogP contribution in [0.1, 0.15) is 29.7 Å². The standard InChI is InChI=1S/C31H35N7O6/c39-21-9-7-18(8-10-21)12-25(29(41)38-27(31(43)44)14-20-16-32-17-35-20)36-30(42)26(37-28(40)24-6-3-11-33-24)13-19-15-34-23-5-2-1-4-22(19)23/h1-2,4-5,7-10,15-17,24-27,33-34,39H,3,6,11-14H2,(H,32,35)(H,36,42)(H,37,40)(H,38,41)(H,43,44). The lowest BCUT2D eigenvalue weighted by molar-refractivity contribution is -0.142. The van der Waals surface area contributed by atoms with E-state index in [4.69, 9.17) is 0 Å². The quantitative estimate of drug-likeness (QED) is 0.110. The maximum atomic E-state index is 13.9. The van der Waals surface area contributed by atoms with Crippen LogP contribution in [0.4, 0.5) is 0 Å². The minimum Gasteiger partial charge on any atom is -0.508 e. The van der Waals surface area contributed by atoms with Crippen molar-refractivity contribution in [3.05, 3.63) is 84.1 Å². The molecule has 13 heteroatoms. The summed E-state index contributed by atoms with van der Waals surface area (Å²) in [6.45, 7) is 0.704. The molecule has 4 unspecified atom stereocenters. The maximum Gasteiger partial charge on any atom is 0.326 e. The van der Waals surface area contributed by atoms with Crippen LogP contribution < -0.4 is 21.3 Å². The molecule has 3 heterocycles. The second-order valence-electron chi connectivity index (χ2n) is 10.9. The topological polar surface area (TPSA) is 201 Å². The number of phenols is 1. The van der Waals surface area contributed by atoms with Gasteiger partial charge in [0.15, 0.2) is 0 Å². The number of amides is 3. The first-order chi connectivity index (χ1) is 21.3. The summed E-state index contributed by atoms with van der Waals surface area (Å²) in [5.74, 6) is -2.84. The highest BCUT2D eigenvalue weighted by molar-refractivity contribution is 5.95. The molecule has 1 fully saturated rings. The van der Waals surface area contributed by atoms with Crippen LogP contribution in [0.5, 0.6) is 5.75 Å². The smallest absolute Gasteiger partial charge is 0.326 e. The van der Waals surface area contributed by atoms with Crippen LogP contribution in [-0.2, 0) is 38.4 Å². The largest absolute Gasteiger partial charge is 0.508 e. The van der Waals surface area contributed by atoms with Crippen LogP contribution in [-0.4, -0.2) is 79.6 Å². The average molecular weight is 602 g/mol. The third kappa shape index (κ3) is 7.61. The van der Waals surface area contributed by atoms with Crippen LogP contribution in [0, 0.1) is 0 Å². The number of nitrogens with zero attached hydrogens (tertiary/aromatic N) is 1. The predicted molar refractivity (Wildman–Crippen MR) is 161 cm³/mol. The van der Waals surface area contributed by atoms with Crippen molar-refractivity contribution in [1.29, 1.82) is 0 Å². The second kappa shape index (κ2) is 13.9. The van der Waals surface area contributed by atoms with Gasteiger partial charge >= 0.3 is 5.97 Å². The molecule has 44 heavy (non-hydrogen) atoms. The summed E-state index contributed by atoms with van der Waals surface area (Å²) < 4.78 is 0. The SMILES string of the molecule is O=C(O)C(Cc1cnc[nH]1)NC(=O)C(Cc1ccc(O)cc1)NC(=O)C(Cc1c[nH]c2ccccc12)NC(=O)C1CCCN1. The Balaban J connectivity index is 1.38. The van der Waals surface area contributed by atoms with Gasteiger partial charge < -0.3 is 41.4 Å². The summed E-state index contributed by atoms with van der Waals surface area (Å²) in [5, 5.41) is 31.7. The van der Waals surface area contributed by atoms with E-state index in [9.17, 15) is 29.4 Å². The third-order valence-corrected chi connectivity index (χ3v) is 7.71. The lowest BCUT2D eigenvalue weighted by atomic mass is 10.0. The Morgan fingerprint density at radius 2 is 1.61 bits per heavy atom. The minimum absolute atomic E-state index is 0.00613. The molecule has 0 aliphatic carbocycles. The molecule has 3 amide bonds.